The van der Waals surface area contributed by atoms with Gasteiger partial charge in [-0.3, -0.25) is 14.4 Å². The van der Waals surface area contributed by atoms with Crippen LogP contribution in [0.1, 0.15) is 43.4 Å². The van der Waals surface area contributed by atoms with Crippen LogP contribution in [0.5, 0.6) is 5.75 Å². The summed E-state index contributed by atoms with van der Waals surface area (Å²) >= 11 is 0. The second-order valence-electron chi connectivity index (χ2n) is 6.92. The molecule has 0 bridgehead atoms. The Kier molecular flexibility index (Phi) is 5.72. The molecule has 156 valence electrons. The number of aryl methyl sites for hydroxylation is 2. The average Bonchev–Trinajstić information content (AvgIpc) is 2.86. The number of anilines is 1. The largest absolute Gasteiger partial charge is 0.507 e. The number of phenolic OH excluding ortho intramolecular Hbond substituents is 1. The molecule has 1 aliphatic heterocycles. The van der Waals surface area contributed by atoms with Gasteiger partial charge in [0.15, 0.2) is 6.04 Å². The van der Waals surface area contributed by atoms with Crippen molar-refractivity contribution in [1.29, 1.82) is 0 Å². The lowest BCUT2D eigenvalue weighted by Gasteiger charge is -2.19. The molecule has 9 nitrogen and oxygen atoms in total. The third kappa shape index (κ3) is 4.09. The standard InChI is InChI=1S/C21H21N3O6/c1-10-6-13(7-11(2)18(10)26)17(21(29)30-3)24-19(27)12-4-5-14-15(8-12)23-16(25)9-22-20(14)28/h4-8,17,26H,9H2,1-3H3,(H,22,28)(H,23,25)(H,24,27). The molecule has 0 spiro atoms. The fourth-order valence-corrected chi connectivity index (χ4v) is 3.20. The van der Waals surface area contributed by atoms with Gasteiger partial charge in [0.2, 0.25) is 5.91 Å². The summed E-state index contributed by atoms with van der Waals surface area (Å²) in [5, 5.41) is 17.6. The summed E-state index contributed by atoms with van der Waals surface area (Å²) in [4.78, 5) is 49.0. The van der Waals surface area contributed by atoms with Crippen LogP contribution in [0, 0.1) is 13.8 Å². The number of rotatable bonds is 4. The van der Waals surface area contributed by atoms with E-state index in [2.05, 4.69) is 16.0 Å². The second-order valence-corrected chi connectivity index (χ2v) is 6.92. The minimum atomic E-state index is -1.11. The maximum Gasteiger partial charge on any atom is 0.333 e. The zero-order valence-electron chi connectivity index (χ0n) is 16.7. The summed E-state index contributed by atoms with van der Waals surface area (Å²) in [6, 6.07) is 6.28. The van der Waals surface area contributed by atoms with Crippen LogP contribution in [-0.4, -0.2) is 42.5 Å². The van der Waals surface area contributed by atoms with E-state index in [0.29, 0.717) is 16.7 Å². The molecule has 30 heavy (non-hydrogen) atoms. The summed E-state index contributed by atoms with van der Waals surface area (Å²) in [5.41, 5.74) is 2.12. The van der Waals surface area contributed by atoms with Gasteiger partial charge in [-0.2, -0.15) is 0 Å². The molecule has 2 aromatic rings. The highest BCUT2D eigenvalue weighted by Gasteiger charge is 2.26. The fraction of sp³-hybridized carbons (Fsp3) is 0.238. The van der Waals surface area contributed by atoms with E-state index in [1.165, 1.54) is 25.3 Å². The topological polar surface area (TPSA) is 134 Å². The number of esters is 1. The monoisotopic (exact) mass is 411 g/mol. The van der Waals surface area contributed by atoms with Gasteiger partial charge in [0.25, 0.3) is 11.8 Å². The molecule has 0 saturated heterocycles. The average molecular weight is 411 g/mol. The van der Waals surface area contributed by atoms with Crippen molar-refractivity contribution in [3.63, 3.8) is 0 Å². The molecule has 9 heteroatoms. The van der Waals surface area contributed by atoms with Gasteiger partial charge in [0, 0.05) is 5.56 Å². The van der Waals surface area contributed by atoms with Crippen molar-refractivity contribution in [3.05, 3.63) is 58.1 Å². The Bertz CT molecular complexity index is 1040. The van der Waals surface area contributed by atoms with E-state index in [1.807, 2.05) is 0 Å². The first-order valence-corrected chi connectivity index (χ1v) is 9.12. The third-order valence-corrected chi connectivity index (χ3v) is 4.77. The first kappa shape index (κ1) is 20.8. The molecular formula is C21H21N3O6. The predicted octanol–water partition coefficient (Wildman–Crippen LogP) is 1.34. The molecule has 2 aromatic carbocycles. The number of methoxy groups -OCH3 is 1. The van der Waals surface area contributed by atoms with Gasteiger partial charge < -0.3 is 25.8 Å². The maximum absolute atomic E-state index is 12.8. The normalized spacial score (nSPS) is 14.0. The van der Waals surface area contributed by atoms with Crippen LogP contribution in [0.25, 0.3) is 0 Å². The highest BCUT2D eigenvalue weighted by Crippen LogP contribution is 2.27. The van der Waals surface area contributed by atoms with Gasteiger partial charge in [-0.1, -0.05) is 0 Å². The van der Waals surface area contributed by atoms with Gasteiger partial charge >= 0.3 is 5.97 Å². The number of phenols is 1. The summed E-state index contributed by atoms with van der Waals surface area (Å²) in [6.45, 7) is 3.20. The molecule has 0 fully saturated rings. The van der Waals surface area contributed by atoms with Gasteiger partial charge in [-0.05, 0) is 60.9 Å². The summed E-state index contributed by atoms with van der Waals surface area (Å²) in [6.07, 6.45) is 0. The Morgan fingerprint density at radius 2 is 1.80 bits per heavy atom. The van der Waals surface area contributed by atoms with Crippen LogP contribution in [0.15, 0.2) is 30.3 Å². The number of carbonyl (C=O) groups excluding carboxylic acids is 4. The number of carbonyl (C=O) groups is 4. The zero-order chi connectivity index (χ0) is 22.0. The molecule has 3 rings (SSSR count). The van der Waals surface area contributed by atoms with E-state index in [-0.39, 0.29) is 29.1 Å². The molecule has 1 aliphatic rings. The molecular weight excluding hydrogens is 390 g/mol. The van der Waals surface area contributed by atoms with E-state index in [4.69, 9.17) is 4.74 Å². The Balaban J connectivity index is 1.93. The first-order chi connectivity index (χ1) is 14.2. The molecule has 1 atom stereocenters. The van der Waals surface area contributed by atoms with Crippen molar-refractivity contribution in [2.45, 2.75) is 19.9 Å². The van der Waals surface area contributed by atoms with Crippen LogP contribution in [0.4, 0.5) is 5.69 Å². The minimum absolute atomic E-state index is 0.105. The van der Waals surface area contributed by atoms with Crippen LogP contribution >= 0.6 is 0 Å². The van der Waals surface area contributed by atoms with Gasteiger partial charge in [-0.15, -0.1) is 0 Å². The number of amides is 3. The molecule has 4 N–H and O–H groups in total. The number of nitrogens with one attached hydrogen (secondary N) is 3. The predicted molar refractivity (Wildman–Crippen MR) is 107 cm³/mol. The van der Waals surface area contributed by atoms with Crippen LogP contribution in [0.3, 0.4) is 0 Å². The quantitative estimate of drug-likeness (QED) is 0.561. The smallest absolute Gasteiger partial charge is 0.333 e. The number of ether oxygens (including phenoxy) is 1. The van der Waals surface area contributed by atoms with Gasteiger partial charge in [-0.25, -0.2) is 4.79 Å². The van der Waals surface area contributed by atoms with E-state index >= 15 is 0 Å². The van der Waals surface area contributed by atoms with Crippen molar-refractivity contribution in [1.82, 2.24) is 10.6 Å². The lowest BCUT2D eigenvalue weighted by Crippen LogP contribution is -2.34. The number of aromatic hydroxyl groups is 1. The van der Waals surface area contributed by atoms with Crippen LogP contribution in [0.2, 0.25) is 0 Å². The SMILES string of the molecule is COC(=O)C(NC(=O)c1ccc2c(c1)NC(=O)CNC2=O)c1cc(C)c(O)c(C)c1. The fourth-order valence-electron chi connectivity index (χ4n) is 3.20. The maximum atomic E-state index is 12.8. The Morgan fingerprint density at radius 3 is 2.43 bits per heavy atom. The number of fused-ring (bicyclic) bond motifs is 1. The highest BCUT2D eigenvalue weighted by molar-refractivity contribution is 6.10. The van der Waals surface area contributed by atoms with E-state index in [1.54, 1.807) is 26.0 Å². The van der Waals surface area contributed by atoms with E-state index in [0.717, 1.165) is 0 Å². The van der Waals surface area contributed by atoms with Crippen molar-refractivity contribution in [3.8, 4) is 5.75 Å². The van der Waals surface area contributed by atoms with Crippen molar-refractivity contribution in [2.75, 3.05) is 19.0 Å². The van der Waals surface area contributed by atoms with Crippen LogP contribution in [-0.2, 0) is 14.3 Å². The molecule has 0 radical (unpaired) electrons. The third-order valence-electron chi connectivity index (χ3n) is 4.77. The zero-order valence-corrected chi connectivity index (χ0v) is 16.7. The lowest BCUT2D eigenvalue weighted by molar-refractivity contribution is -0.143. The molecule has 0 aliphatic carbocycles. The van der Waals surface area contributed by atoms with Gasteiger partial charge in [0.05, 0.1) is 24.9 Å². The number of hydrogen-bond acceptors (Lipinski definition) is 6. The van der Waals surface area contributed by atoms with E-state index < -0.39 is 29.7 Å². The highest BCUT2D eigenvalue weighted by atomic mass is 16.5. The Hall–Kier alpha value is -3.88. The first-order valence-electron chi connectivity index (χ1n) is 9.12. The Morgan fingerprint density at radius 1 is 1.13 bits per heavy atom. The Labute approximate surface area is 172 Å². The molecule has 3 amide bonds. The van der Waals surface area contributed by atoms with Crippen molar-refractivity contribution >= 4 is 29.4 Å². The summed E-state index contributed by atoms with van der Waals surface area (Å²) < 4.78 is 4.82. The van der Waals surface area contributed by atoms with Crippen molar-refractivity contribution < 1.29 is 29.0 Å². The van der Waals surface area contributed by atoms with Crippen LogP contribution < -0.4 is 16.0 Å². The molecule has 0 saturated carbocycles. The second kappa shape index (κ2) is 8.24. The van der Waals surface area contributed by atoms with Crippen molar-refractivity contribution in [2.24, 2.45) is 0 Å². The molecule has 1 heterocycles. The molecule has 1 unspecified atom stereocenters. The van der Waals surface area contributed by atoms with Gasteiger partial charge in [0.1, 0.15) is 5.75 Å². The number of benzene rings is 2. The van der Waals surface area contributed by atoms with E-state index in [9.17, 15) is 24.3 Å². The summed E-state index contributed by atoms with van der Waals surface area (Å²) in [7, 11) is 1.21. The molecule has 0 aromatic heterocycles. The minimum Gasteiger partial charge on any atom is -0.507 e. The lowest BCUT2D eigenvalue weighted by atomic mass is 9.99. The number of hydrogen-bond donors (Lipinski definition) is 4. The summed E-state index contributed by atoms with van der Waals surface area (Å²) in [5.74, 6) is -2.03.